The van der Waals surface area contributed by atoms with E-state index in [9.17, 15) is 13.2 Å². The van der Waals surface area contributed by atoms with Gasteiger partial charge in [0.1, 0.15) is 0 Å². The highest BCUT2D eigenvalue weighted by Gasteiger charge is 2.22. The van der Waals surface area contributed by atoms with Crippen molar-refractivity contribution in [3.8, 4) is 11.5 Å². The minimum absolute atomic E-state index is 0.106. The molecule has 1 amide bonds. The molecule has 0 saturated carbocycles. The number of aromatic nitrogens is 2. The van der Waals surface area contributed by atoms with Crippen molar-refractivity contribution in [2.24, 2.45) is 0 Å². The number of carbonyl (C=O) groups excluding carboxylic acids is 1. The van der Waals surface area contributed by atoms with Crippen molar-refractivity contribution < 1.29 is 17.6 Å². The van der Waals surface area contributed by atoms with Gasteiger partial charge in [0.15, 0.2) is 9.84 Å². The average Bonchev–Trinajstić information content (AvgIpc) is 3.21. The Bertz CT molecular complexity index is 1140. The molecule has 0 spiro atoms. The van der Waals surface area contributed by atoms with E-state index in [4.69, 9.17) is 16.0 Å². The van der Waals surface area contributed by atoms with Gasteiger partial charge in [-0.25, -0.2) is 8.42 Å². The van der Waals surface area contributed by atoms with Gasteiger partial charge in [-0.05, 0) is 37.6 Å². The maximum absolute atomic E-state index is 12.8. The molecule has 0 radical (unpaired) electrons. The third-order valence-electron chi connectivity index (χ3n) is 4.71. The van der Waals surface area contributed by atoms with Gasteiger partial charge in [0.25, 0.3) is 0 Å². The Balaban J connectivity index is 1.67. The highest BCUT2D eigenvalue weighted by atomic mass is 35.5. The summed E-state index contributed by atoms with van der Waals surface area (Å²) < 4.78 is 30.8. The molecule has 7 nitrogen and oxygen atoms in total. The van der Waals surface area contributed by atoms with Crippen LogP contribution >= 0.6 is 11.6 Å². The fourth-order valence-corrected chi connectivity index (χ4v) is 4.48. The molecule has 3 rings (SSSR count). The Kier molecular flexibility index (Phi) is 7.46. The van der Waals surface area contributed by atoms with Crippen LogP contribution in [-0.2, 0) is 21.2 Å². The lowest BCUT2D eigenvalue weighted by Gasteiger charge is -2.20. The van der Waals surface area contributed by atoms with E-state index in [1.165, 1.54) is 4.90 Å². The third-order valence-corrected chi connectivity index (χ3v) is 6.77. The Morgan fingerprint density at radius 3 is 2.48 bits per heavy atom. The molecule has 0 unspecified atom stereocenters. The fraction of sp³-hybridized carbons (Fsp3) is 0.318. The first-order valence-corrected chi connectivity index (χ1v) is 12.0. The fourth-order valence-electron chi connectivity index (χ4n) is 3.03. The second-order valence-corrected chi connectivity index (χ2v) is 9.69. The lowest BCUT2D eigenvalue weighted by Crippen LogP contribution is -2.32. The van der Waals surface area contributed by atoms with Gasteiger partial charge in [-0.1, -0.05) is 48.4 Å². The molecule has 0 atom stereocenters. The van der Waals surface area contributed by atoms with Crippen molar-refractivity contribution in [2.45, 2.75) is 38.1 Å². The van der Waals surface area contributed by atoms with Crippen LogP contribution in [0.4, 0.5) is 0 Å². The van der Waals surface area contributed by atoms with Crippen molar-refractivity contribution in [1.82, 2.24) is 15.1 Å². The normalized spacial score (nSPS) is 11.5. The topological polar surface area (TPSA) is 93.4 Å². The number of halogens is 1. The van der Waals surface area contributed by atoms with Crippen molar-refractivity contribution in [1.29, 1.82) is 0 Å². The van der Waals surface area contributed by atoms with E-state index in [0.29, 0.717) is 23.6 Å². The maximum Gasteiger partial charge on any atom is 0.249 e. The predicted molar refractivity (Wildman–Crippen MR) is 118 cm³/mol. The lowest BCUT2D eigenvalue weighted by molar-refractivity contribution is -0.131. The molecule has 3 aromatic rings. The molecule has 164 valence electrons. The summed E-state index contributed by atoms with van der Waals surface area (Å²) in [7, 11) is -3.54. The summed E-state index contributed by atoms with van der Waals surface area (Å²) in [5, 5.41) is 8.52. The van der Waals surface area contributed by atoms with Crippen LogP contribution in [0.25, 0.3) is 11.5 Å². The van der Waals surface area contributed by atoms with E-state index < -0.39 is 9.84 Å². The zero-order valence-electron chi connectivity index (χ0n) is 17.4. The highest BCUT2D eigenvalue weighted by molar-refractivity contribution is 7.91. The number of nitrogens with zero attached hydrogens (tertiary/aromatic N) is 3. The quantitative estimate of drug-likeness (QED) is 0.471. The summed E-state index contributed by atoms with van der Waals surface area (Å²) in [6, 6.07) is 13.7. The molecule has 0 bridgehead atoms. The van der Waals surface area contributed by atoms with Crippen molar-refractivity contribution in [3.05, 3.63) is 65.0 Å². The van der Waals surface area contributed by atoms with Crippen LogP contribution < -0.4 is 0 Å². The number of carbonyl (C=O) groups is 1. The first-order valence-electron chi connectivity index (χ1n) is 9.94. The summed E-state index contributed by atoms with van der Waals surface area (Å²) in [5.41, 5.74) is 1.58. The summed E-state index contributed by atoms with van der Waals surface area (Å²) >= 11 is 6.17. The monoisotopic (exact) mass is 461 g/mol. The summed E-state index contributed by atoms with van der Waals surface area (Å²) in [5.74, 6) is -0.0105. The summed E-state index contributed by atoms with van der Waals surface area (Å²) in [6.45, 7) is 4.38. The van der Waals surface area contributed by atoms with Crippen LogP contribution in [0, 0.1) is 6.92 Å². The van der Waals surface area contributed by atoms with Gasteiger partial charge in [0.2, 0.25) is 17.7 Å². The Morgan fingerprint density at radius 2 is 1.81 bits per heavy atom. The van der Waals surface area contributed by atoms with E-state index >= 15 is 0 Å². The van der Waals surface area contributed by atoms with Gasteiger partial charge in [-0.3, -0.25) is 4.79 Å². The second-order valence-electron chi connectivity index (χ2n) is 7.18. The molecule has 0 aliphatic carbocycles. The van der Waals surface area contributed by atoms with Crippen LogP contribution in [0.2, 0.25) is 5.02 Å². The molecule has 0 saturated heterocycles. The second kappa shape index (κ2) is 10.1. The standard InChI is InChI=1S/C22H24ClN3O4S/c1-3-13-26(15-20-24-25-22(30-20)18-6-4-5-7-19(18)23)21(27)12-14-31(28,29)17-10-8-16(2)9-11-17/h4-11H,3,12-15H2,1-2H3. The van der Waals surface area contributed by atoms with E-state index in [1.54, 1.807) is 42.5 Å². The molecule has 2 aromatic carbocycles. The van der Waals surface area contributed by atoms with Gasteiger partial charge in [-0.2, -0.15) is 0 Å². The lowest BCUT2D eigenvalue weighted by atomic mass is 10.2. The zero-order chi connectivity index (χ0) is 22.4. The molecule has 0 aliphatic rings. The maximum atomic E-state index is 12.8. The largest absolute Gasteiger partial charge is 0.419 e. The van der Waals surface area contributed by atoms with Gasteiger partial charge in [0, 0.05) is 13.0 Å². The predicted octanol–water partition coefficient (Wildman–Crippen LogP) is 4.30. The summed E-state index contributed by atoms with van der Waals surface area (Å²) in [6.07, 6.45) is 0.587. The number of sulfone groups is 1. The number of benzene rings is 2. The van der Waals surface area contributed by atoms with Crippen LogP contribution in [-0.4, -0.2) is 41.7 Å². The summed E-state index contributed by atoms with van der Waals surface area (Å²) in [4.78, 5) is 14.5. The molecule has 0 N–H and O–H groups in total. The molecular weight excluding hydrogens is 438 g/mol. The van der Waals surface area contributed by atoms with E-state index in [-0.39, 0.29) is 41.3 Å². The first kappa shape index (κ1) is 23.0. The van der Waals surface area contributed by atoms with Gasteiger partial charge < -0.3 is 9.32 Å². The first-order chi connectivity index (χ1) is 14.8. The number of rotatable bonds is 9. The Labute approximate surface area is 187 Å². The van der Waals surface area contributed by atoms with E-state index in [0.717, 1.165) is 5.56 Å². The van der Waals surface area contributed by atoms with E-state index in [2.05, 4.69) is 10.2 Å². The van der Waals surface area contributed by atoms with Crippen molar-refractivity contribution in [2.75, 3.05) is 12.3 Å². The molecule has 9 heteroatoms. The van der Waals surface area contributed by atoms with E-state index in [1.807, 2.05) is 19.9 Å². The number of hydrogen-bond acceptors (Lipinski definition) is 6. The molecule has 1 aromatic heterocycles. The zero-order valence-corrected chi connectivity index (χ0v) is 19.0. The minimum atomic E-state index is -3.54. The number of amides is 1. The molecule has 0 aliphatic heterocycles. The van der Waals surface area contributed by atoms with Gasteiger partial charge in [-0.15, -0.1) is 10.2 Å². The Hall–Kier alpha value is -2.71. The molecular formula is C22H24ClN3O4S. The van der Waals surface area contributed by atoms with Gasteiger partial charge >= 0.3 is 0 Å². The smallest absolute Gasteiger partial charge is 0.249 e. The molecule has 31 heavy (non-hydrogen) atoms. The van der Waals surface area contributed by atoms with Crippen LogP contribution in [0.5, 0.6) is 0 Å². The average molecular weight is 462 g/mol. The van der Waals surface area contributed by atoms with Crippen LogP contribution in [0.1, 0.15) is 31.2 Å². The SMILES string of the molecule is CCCN(Cc1nnc(-c2ccccc2Cl)o1)C(=O)CCS(=O)(=O)c1ccc(C)cc1. The van der Waals surface area contributed by atoms with Crippen LogP contribution in [0.3, 0.4) is 0 Å². The molecule has 1 heterocycles. The molecule has 0 fully saturated rings. The third kappa shape index (κ3) is 5.92. The number of aryl methyl sites for hydroxylation is 1. The van der Waals surface area contributed by atoms with Crippen molar-refractivity contribution in [3.63, 3.8) is 0 Å². The number of hydrogen-bond donors (Lipinski definition) is 0. The van der Waals surface area contributed by atoms with Crippen molar-refractivity contribution >= 4 is 27.3 Å². The minimum Gasteiger partial charge on any atom is -0.419 e. The van der Waals surface area contributed by atoms with Crippen LogP contribution in [0.15, 0.2) is 57.8 Å². The highest BCUT2D eigenvalue weighted by Crippen LogP contribution is 2.26. The Morgan fingerprint density at radius 1 is 1.10 bits per heavy atom. The van der Waals surface area contributed by atoms with Gasteiger partial charge in [0.05, 0.1) is 27.8 Å².